The van der Waals surface area contributed by atoms with Crippen molar-refractivity contribution >= 4 is 17.3 Å². The number of allylic oxidation sites excluding steroid dienone is 6. The minimum absolute atomic E-state index is 0. The molecule has 0 rings (SSSR count). The van der Waals surface area contributed by atoms with Crippen molar-refractivity contribution < 1.29 is 63.0 Å². The maximum absolute atomic E-state index is 11.5. The van der Waals surface area contributed by atoms with E-state index in [2.05, 4.69) is 0 Å². The van der Waals surface area contributed by atoms with Gasteiger partial charge in [-0.1, -0.05) is 20.8 Å². The SMILES string of the molecule is CCC(=O)C=C(C)O.CCC(=O)C=C(C)O.CCC(=O)C=C(O)C(F)(F)F.[Ir]. The molecule has 0 aromatic rings. The molecule has 0 saturated carbocycles. The number of ketones is 3. The van der Waals surface area contributed by atoms with Gasteiger partial charge in [-0.15, -0.1) is 0 Å². The maximum Gasteiger partial charge on any atom is 0.448 e. The summed E-state index contributed by atoms with van der Waals surface area (Å²) in [5, 5.41) is 25.2. The standard InChI is InChI=1S/C6H7F3O2.2C6H10O2.Ir/c1-2-4(10)3-5(11)6(7,8)9;2*1-3-6(8)4-5(2)7;/h3,11H,2H2,1H3;2*4,7H,3H2,1-2H3;. The smallest absolute Gasteiger partial charge is 0.448 e. The molecule has 3 N–H and O–H groups in total. The molecule has 10 heteroatoms. The number of aliphatic hydroxyl groups is 3. The number of alkyl halides is 3. The second-order valence-corrected chi connectivity index (χ2v) is 5.06. The van der Waals surface area contributed by atoms with Gasteiger partial charge in [-0.3, -0.25) is 14.4 Å². The van der Waals surface area contributed by atoms with E-state index in [0.29, 0.717) is 12.8 Å². The Morgan fingerprint density at radius 2 is 0.964 bits per heavy atom. The predicted octanol–water partition coefficient (Wildman–Crippen LogP) is 4.82. The molecular formula is C18H27F3IrO6. The normalized spacial score (nSPS) is 11.8. The van der Waals surface area contributed by atoms with Gasteiger partial charge in [0.2, 0.25) is 5.76 Å². The van der Waals surface area contributed by atoms with Gasteiger partial charge in [0, 0.05) is 57.6 Å². The molecule has 165 valence electrons. The van der Waals surface area contributed by atoms with Crippen molar-refractivity contribution in [1.29, 1.82) is 0 Å². The summed E-state index contributed by atoms with van der Waals surface area (Å²) in [7, 11) is 0. The molecule has 0 spiro atoms. The van der Waals surface area contributed by atoms with Crippen LogP contribution in [0.2, 0.25) is 0 Å². The molecule has 0 amide bonds. The van der Waals surface area contributed by atoms with E-state index in [1.54, 1.807) is 13.8 Å². The molecule has 6 nitrogen and oxygen atoms in total. The van der Waals surface area contributed by atoms with E-state index >= 15 is 0 Å². The van der Waals surface area contributed by atoms with Gasteiger partial charge in [-0.25, -0.2) is 0 Å². The van der Waals surface area contributed by atoms with Crippen LogP contribution in [0.4, 0.5) is 13.2 Å². The number of hydrogen-bond acceptors (Lipinski definition) is 6. The zero-order valence-electron chi connectivity index (χ0n) is 16.4. The molecule has 0 aliphatic carbocycles. The van der Waals surface area contributed by atoms with Gasteiger partial charge >= 0.3 is 6.18 Å². The third-order valence-corrected chi connectivity index (χ3v) is 2.37. The average molecular weight is 589 g/mol. The van der Waals surface area contributed by atoms with Crippen LogP contribution in [0.1, 0.15) is 53.9 Å². The summed E-state index contributed by atoms with van der Waals surface area (Å²) in [5.74, 6) is -2.51. The summed E-state index contributed by atoms with van der Waals surface area (Å²) in [4.78, 5) is 31.1. The monoisotopic (exact) mass is 589 g/mol. The number of carbonyl (C=O) groups is 3. The van der Waals surface area contributed by atoms with Crippen LogP contribution in [0.3, 0.4) is 0 Å². The molecule has 0 aromatic heterocycles. The van der Waals surface area contributed by atoms with E-state index in [9.17, 15) is 27.6 Å². The van der Waals surface area contributed by atoms with Crippen LogP contribution in [0, 0.1) is 0 Å². The summed E-state index contributed by atoms with van der Waals surface area (Å²) >= 11 is 0. The van der Waals surface area contributed by atoms with E-state index in [0.717, 1.165) is 0 Å². The van der Waals surface area contributed by atoms with Crippen molar-refractivity contribution in [2.75, 3.05) is 0 Å². The Morgan fingerprint density at radius 1 is 0.714 bits per heavy atom. The van der Waals surface area contributed by atoms with Crippen molar-refractivity contribution in [3.8, 4) is 0 Å². The molecule has 0 aromatic carbocycles. The summed E-state index contributed by atoms with van der Waals surface area (Å²) in [6, 6.07) is 0. The molecule has 0 heterocycles. The van der Waals surface area contributed by atoms with Gasteiger partial charge < -0.3 is 15.3 Å². The largest absolute Gasteiger partial charge is 0.512 e. The van der Waals surface area contributed by atoms with Gasteiger partial charge in [0.05, 0.1) is 11.5 Å². The average Bonchev–Trinajstić information content (AvgIpc) is 2.53. The topological polar surface area (TPSA) is 112 Å². The Morgan fingerprint density at radius 3 is 1.11 bits per heavy atom. The predicted molar refractivity (Wildman–Crippen MR) is 95.4 cm³/mol. The minimum Gasteiger partial charge on any atom is -0.512 e. The van der Waals surface area contributed by atoms with Crippen LogP contribution < -0.4 is 0 Å². The minimum atomic E-state index is -4.81. The van der Waals surface area contributed by atoms with E-state index in [1.165, 1.54) is 32.9 Å². The van der Waals surface area contributed by atoms with Gasteiger partial charge in [0.1, 0.15) is 0 Å². The molecule has 1 radical (unpaired) electrons. The summed E-state index contributed by atoms with van der Waals surface area (Å²) < 4.78 is 34.4. The van der Waals surface area contributed by atoms with Crippen LogP contribution >= 0.6 is 0 Å². The van der Waals surface area contributed by atoms with Crippen molar-refractivity contribution in [2.45, 2.75) is 60.1 Å². The Kier molecular flexibility index (Phi) is 22.1. The quantitative estimate of drug-likeness (QED) is 0.303. The first-order valence-corrected chi connectivity index (χ1v) is 8.01. The number of hydrogen-bond donors (Lipinski definition) is 3. The van der Waals surface area contributed by atoms with Crippen molar-refractivity contribution in [2.24, 2.45) is 0 Å². The fraction of sp³-hybridized carbons (Fsp3) is 0.500. The summed E-state index contributed by atoms with van der Waals surface area (Å²) in [5.41, 5.74) is 0. The summed E-state index contributed by atoms with van der Waals surface area (Å²) in [6.07, 6.45) is -1.33. The van der Waals surface area contributed by atoms with Gasteiger partial charge in [-0.2, -0.15) is 13.2 Å². The van der Waals surface area contributed by atoms with E-state index in [1.807, 2.05) is 0 Å². The third-order valence-electron chi connectivity index (χ3n) is 2.37. The fourth-order valence-corrected chi connectivity index (χ4v) is 1.01. The van der Waals surface area contributed by atoms with Crippen LogP contribution in [-0.4, -0.2) is 38.8 Å². The van der Waals surface area contributed by atoms with Gasteiger partial charge in [0.25, 0.3) is 0 Å². The maximum atomic E-state index is 11.5. The van der Waals surface area contributed by atoms with Gasteiger partial charge in [0.15, 0.2) is 17.3 Å². The second-order valence-electron chi connectivity index (χ2n) is 5.06. The zero-order chi connectivity index (χ0) is 22.2. The number of halogens is 3. The molecule has 0 unspecified atom stereocenters. The first kappa shape index (κ1) is 33.6. The summed E-state index contributed by atoms with van der Waals surface area (Å²) in [6.45, 7) is 7.87. The van der Waals surface area contributed by atoms with Crippen LogP contribution in [0.15, 0.2) is 35.5 Å². The molecule has 28 heavy (non-hydrogen) atoms. The Balaban J connectivity index is -0.000000155. The molecule has 0 saturated heterocycles. The van der Waals surface area contributed by atoms with Crippen LogP contribution in [0.25, 0.3) is 0 Å². The molecule has 0 aliphatic rings. The number of carbonyl (C=O) groups excluding carboxylic acids is 3. The van der Waals surface area contributed by atoms with Gasteiger partial charge in [-0.05, 0) is 13.8 Å². The number of rotatable bonds is 6. The first-order chi connectivity index (χ1) is 12.2. The fourth-order valence-electron chi connectivity index (χ4n) is 1.01. The van der Waals surface area contributed by atoms with Crippen LogP contribution in [-0.2, 0) is 34.5 Å². The molecule has 0 fully saturated rings. The molecule has 0 aliphatic heterocycles. The molecule has 0 bridgehead atoms. The van der Waals surface area contributed by atoms with E-state index in [-0.39, 0.29) is 55.7 Å². The number of aliphatic hydroxyl groups excluding tert-OH is 3. The van der Waals surface area contributed by atoms with E-state index < -0.39 is 17.7 Å². The molecule has 0 atom stereocenters. The zero-order valence-corrected chi connectivity index (χ0v) is 18.8. The van der Waals surface area contributed by atoms with Crippen molar-refractivity contribution in [3.63, 3.8) is 0 Å². The van der Waals surface area contributed by atoms with Crippen molar-refractivity contribution in [1.82, 2.24) is 0 Å². The van der Waals surface area contributed by atoms with Crippen LogP contribution in [0.5, 0.6) is 0 Å². The second kappa shape index (κ2) is 18.4. The van der Waals surface area contributed by atoms with E-state index in [4.69, 9.17) is 15.3 Å². The third kappa shape index (κ3) is 26.3. The Hall–Kier alpha value is -1.93. The first-order valence-electron chi connectivity index (χ1n) is 8.01. The van der Waals surface area contributed by atoms with Crippen molar-refractivity contribution in [3.05, 3.63) is 35.5 Å². The molecular weight excluding hydrogens is 561 g/mol. The Labute approximate surface area is 176 Å². The Bertz CT molecular complexity index is 540.